The summed E-state index contributed by atoms with van der Waals surface area (Å²) in [5, 5.41) is 3.48. The molecule has 5 nitrogen and oxygen atoms in total. The summed E-state index contributed by atoms with van der Waals surface area (Å²) in [6.07, 6.45) is 1.60. The van der Waals surface area contributed by atoms with Crippen molar-refractivity contribution in [3.05, 3.63) is 106 Å². The molecule has 0 unspecified atom stereocenters. The fourth-order valence-corrected chi connectivity index (χ4v) is 3.44. The number of hydrogen-bond donors (Lipinski definition) is 1. The predicted octanol–water partition coefficient (Wildman–Crippen LogP) is 4.96. The summed E-state index contributed by atoms with van der Waals surface area (Å²) in [6.45, 7) is 4.37. The van der Waals surface area contributed by atoms with E-state index < -0.39 is 11.5 Å². The minimum atomic E-state index is -0.485. The third-order valence-electron chi connectivity index (χ3n) is 5.18. The summed E-state index contributed by atoms with van der Waals surface area (Å²) < 4.78 is 14.7. The highest BCUT2D eigenvalue weighted by Crippen LogP contribution is 2.18. The zero-order valence-corrected chi connectivity index (χ0v) is 17.3. The number of anilines is 1. The van der Waals surface area contributed by atoms with Crippen LogP contribution in [-0.2, 0) is 6.54 Å². The predicted molar refractivity (Wildman–Crippen MR) is 120 cm³/mol. The van der Waals surface area contributed by atoms with Gasteiger partial charge in [0.1, 0.15) is 17.0 Å². The molecule has 0 spiro atoms. The number of carbonyl (C=O) groups excluding carboxylic acids is 1. The number of pyridine rings is 2. The zero-order chi connectivity index (χ0) is 22.0. The van der Waals surface area contributed by atoms with Crippen molar-refractivity contribution in [1.29, 1.82) is 0 Å². The Hall–Kier alpha value is -3.80. The van der Waals surface area contributed by atoms with Crippen LogP contribution >= 0.6 is 0 Å². The lowest BCUT2D eigenvalue weighted by Gasteiger charge is -2.13. The molecule has 6 heteroatoms. The number of nitrogens with one attached hydrogen (secondary N) is 1. The number of carbonyl (C=O) groups is 1. The van der Waals surface area contributed by atoms with Gasteiger partial charge in [0.2, 0.25) is 0 Å². The first kappa shape index (κ1) is 20.5. The van der Waals surface area contributed by atoms with Crippen LogP contribution in [-0.4, -0.2) is 15.5 Å². The van der Waals surface area contributed by atoms with Crippen LogP contribution in [0.25, 0.3) is 11.0 Å². The van der Waals surface area contributed by atoms with Gasteiger partial charge in [0.15, 0.2) is 0 Å². The van der Waals surface area contributed by atoms with Gasteiger partial charge in [-0.1, -0.05) is 38.1 Å². The van der Waals surface area contributed by atoms with Gasteiger partial charge in [-0.3, -0.25) is 14.2 Å². The fourth-order valence-electron chi connectivity index (χ4n) is 3.44. The number of hydrogen-bond acceptors (Lipinski definition) is 3. The van der Waals surface area contributed by atoms with Gasteiger partial charge >= 0.3 is 0 Å². The molecule has 1 amide bonds. The average Bonchev–Trinajstić information content (AvgIpc) is 2.77. The van der Waals surface area contributed by atoms with E-state index in [2.05, 4.69) is 24.1 Å². The van der Waals surface area contributed by atoms with Gasteiger partial charge < -0.3 is 5.32 Å². The van der Waals surface area contributed by atoms with Crippen molar-refractivity contribution in [2.45, 2.75) is 26.3 Å². The van der Waals surface area contributed by atoms with Gasteiger partial charge in [-0.15, -0.1) is 0 Å². The Morgan fingerprint density at radius 1 is 1.06 bits per heavy atom. The van der Waals surface area contributed by atoms with Gasteiger partial charge in [0.05, 0.1) is 6.54 Å². The summed E-state index contributed by atoms with van der Waals surface area (Å²) in [5.74, 6) is -0.451. The van der Waals surface area contributed by atoms with Crippen molar-refractivity contribution < 1.29 is 9.18 Å². The molecule has 0 radical (unpaired) electrons. The van der Waals surface area contributed by atoms with Crippen molar-refractivity contribution >= 4 is 22.6 Å². The quantitative estimate of drug-likeness (QED) is 0.501. The molecule has 0 saturated carbocycles. The van der Waals surface area contributed by atoms with Gasteiger partial charge in [-0.2, -0.15) is 0 Å². The van der Waals surface area contributed by atoms with Crippen molar-refractivity contribution in [3.8, 4) is 0 Å². The molecule has 0 aliphatic heterocycles. The Bertz CT molecular complexity index is 1290. The Morgan fingerprint density at radius 2 is 1.77 bits per heavy atom. The summed E-state index contributed by atoms with van der Waals surface area (Å²) in [6, 6.07) is 18.6. The number of fused-ring (bicyclic) bond motifs is 1. The molecule has 2 aromatic heterocycles. The largest absolute Gasteiger partial charge is 0.322 e. The molecule has 1 N–H and O–H groups in total. The van der Waals surface area contributed by atoms with Crippen LogP contribution in [0.15, 0.2) is 77.7 Å². The monoisotopic (exact) mass is 415 g/mol. The molecule has 0 saturated heterocycles. The molecule has 4 aromatic rings. The van der Waals surface area contributed by atoms with Crippen LogP contribution in [0, 0.1) is 5.82 Å². The molecule has 0 aliphatic rings. The third kappa shape index (κ3) is 4.38. The van der Waals surface area contributed by atoms with Gasteiger partial charge in [0, 0.05) is 17.3 Å². The highest BCUT2D eigenvalue weighted by Gasteiger charge is 2.17. The van der Waals surface area contributed by atoms with Crippen molar-refractivity contribution in [2.75, 3.05) is 5.32 Å². The molecule has 0 bridgehead atoms. The summed E-state index contributed by atoms with van der Waals surface area (Å²) in [4.78, 5) is 30.5. The van der Waals surface area contributed by atoms with Crippen LogP contribution in [0.5, 0.6) is 0 Å². The van der Waals surface area contributed by atoms with Crippen LogP contribution < -0.4 is 10.9 Å². The standard InChI is InChI=1S/C25H22FN3O2/c1-16(2)18-7-11-21(12-8-18)28-24(30)22-14-19-4-3-13-27-23(19)29(25(22)31)15-17-5-9-20(26)10-6-17/h3-14,16H,15H2,1-2H3,(H,28,30). The maximum Gasteiger partial charge on any atom is 0.265 e. The van der Waals surface area contributed by atoms with E-state index in [1.165, 1.54) is 16.7 Å². The molecule has 31 heavy (non-hydrogen) atoms. The maximum atomic E-state index is 13.3. The first-order valence-corrected chi connectivity index (χ1v) is 10.1. The second-order valence-corrected chi connectivity index (χ2v) is 7.72. The molecular weight excluding hydrogens is 393 g/mol. The van der Waals surface area contributed by atoms with E-state index in [1.54, 1.807) is 36.5 Å². The molecule has 156 valence electrons. The second kappa shape index (κ2) is 8.52. The third-order valence-corrected chi connectivity index (χ3v) is 5.18. The van der Waals surface area contributed by atoms with Crippen LogP contribution in [0.1, 0.15) is 41.3 Å². The first-order chi connectivity index (χ1) is 14.9. The lowest BCUT2D eigenvalue weighted by Crippen LogP contribution is -2.30. The average molecular weight is 415 g/mol. The zero-order valence-electron chi connectivity index (χ0n) is 17.3. The highest BCUT2D eigenvalue weighted by molar-refractivity contribution is 6.05. The number of halogens is 1. The minimum absolute atomic E-state index is 0.0237. The number of benzene rings is 2. The SMILES string of the molecule is CC(C)c1ccc(NC(=O)c2cc3cccnc3n(Cc3ccc(F)cc3)c2=O)cc1. The van der Waals surface area contributed by atoms with Gasteiger partial charge in [-0.25, -0.2) is 9.37 Å². The number of amides is 1. The summed E-state index contributed by atoms with van der Waals surface area (Å²) in [5.41, 5.74) is 2.55. The Balaban J connectivity index is 1.72. The minimum Gasteiger partial charge on any atom is -0.322 e. The molecule has 0 aliphatic carbocycles. The van der Waals surface area contributed by atoms with E-state index in [0.717, 1.165) is 11.1 Å². The fraction of sp³-hybridized carbons (Fsp3) is 0.160. The Labute approximate surface area is 179 Å². The number of nitrogens with zero attached hydrogens (tertiary/aromatic N) is 2. The van der Waals surface area contributed by atoms with E-state index >= 15 is 0 Å². The number of rotatable bonds is 5. The van der Waals surface area contributed by atoms with E-state index in [0.29, 0.717) is 22.6 Å². The highest BCUT2D eigenvalue weighted by atomic mass is 19.1. The molecule has 0 fully saturated rings. The normalized spacial score (nSPS) is 11.1. The van der Waals surface area contributed by atoms with E-state index in [1.807, 2.05) is 24.3 Å². The van der Waals surface area contributed by atoms with Gasteiger partial charge in [0.25, 0.3) is 11.5 Å². The van der Waals surface area contributed by atoms with E-state index in [9.17, 15) is 14.0 Å². The lowest BCUT2D eigenvalue weighted by atomic mass is 10.0. The van der Waals surface area contributed by atoms with Gasteiger partial charge in [-0.05, 0) is 59.5 Å². The Morgan fingerprint density at radius 3 is 2.45 bits per heavy atom. The smallest absolute Gasteiger partial charge is 0.265 e. The van der Waals surface area contributed by atoms with Crippen molar-refractivity contribution in [2.24, 2.45) is 0 Å². The van der Waals surface area contributed by atoms with Crippen LogP contribution in [0.4, 0.5) is 10.1 Å². The molecule has 2 aromatic carbocycles. The molecular formula is C25H22FN3O2. The lowest BCUT2D eigenvalue weighted by molar-refractivity contribution is 0.102. The van der Waals surface area contributed by atoms with Crippen molar-refractivity contribution in [1.82, 2.24) is 9.55 Å². The Kier molecular flexibility index (Phi) is 5.62. The summed E-state index contributed by atoms with van der Waals surface area (Å²) in [7, 11) is 0. The van der Waals surface area contributed by atoms with Crippen molar-refractivity contribution in [3.63, 3.8) is 0 Å². The summed E-state index contributed by atoms with van der Waals surface area (Å²) >= 11 is 0. The second-order valence-electron chi connectivity index (χ2n) is 7.72. The first-order valence-electron chi connectivity index (χ1n) is 10.1. The molecule has 2 heterocycles. The van der Waals surface area contributed by atoms with Crippen LogP contribution in [0.2, 0.25) is 0 Å². The number of aromatic nitrogens is 2. The maximum absolute atomic E-state index is 13.3. The van der Waals surface area contributed by atoms with E-state index in [-0.39, 0.29) is 17.9 Å². The van der Waals surface area contributed by atoms with Crippen LogP contribution in [0.3, 0.4) is 0 Å². The molecule has 4 rings (SSSR count). The van der Waals surface area contributed by atoms with E-state index in [4.69, 9.17) is 0 Å². The topological polar surface area (TPSA) is 64.0 Å². The molecule has 0 atom stereocenters.